The van der Waals surface area contributed by atoms with Crippen LogP contribution < -0.4 is 10.1 Å². The van der Waals surface area contributed by atoms with Crippen LogP contribution in [0.5, 0.6) is 5.75 Å². The minimum Gasteiger partial charge on any atom is -0.497 e. The van der Waals surface area contributed by atoms with Gasteiger partial charge in [0.1, 0.15) is 10.7 Å². The molecule has 0 aliphatic carbocycles. The molecule has 0 radical (unpaired) electrons. The molecule has 0 amide bonds. The first-order valence-electron chi connectivity index (χ1n) is 6.85. The van der Waals surface area contributed by atoms with Gasteiger partial charge in [-0.05, 0) is 50.3 Å². The molecule has 0 saturated heterocycles. The molecule has 0 aliphatic heterocycles. The lowest BCUT2D eigenvalue weighted by Crippen LogP contribution is -2.29. The van der Waals surface area contributed by atoms with Crippen molar-refractivity contribution in [1.82, 2.24) is 10.2 Å². The van der Waals surface area contributed by atoms with E-state index in [1.54, 1.807) is 7.11 Å². The summed E-state index contributed by atoms with van der Waals surface area (Å²) >= 11 is 5.37. The summed E-state index contributed by atoms with van der Waals surface area (Å²) in [5, 5.41) is 3.30. The third-order valence-electron chi connectivity index (χ3n) is 3.18. The zero-order valence-corrected chi connectivity index (χ0v) is 12.9. The van der Waals surface area contributed by atoms with E-state index in [2.05, 4.69) is 24.1 Å². The van der Waals surface area contributed by atoms with E-state index in [0.29, 0.717) is 0 Å². The van der Waals surface area contributed by atoms with Crippen molar-refractivity contribution < 1.29 is 4.74 Å². The molecule has 0 fully saturated rings. The van der Waals surface area contributed by atoms with Crippen LogP contribution in [0.3, 0.4) is 0 Å². The second-order valence-electron chi connectivity index (χ2n) is 4.36. The summed E-state index contributed by atoms with van der Waals surface area (Å²) < 4.78 is 5.13. The van der Waals surface area contributed by atoms with Crippen molar-refractivity contribution in [2.75, 3.05) is 33.3 Å². The van der Waals surface area contributed by atoms with E-state index in [0.717, 1.165) is 48.9 Å². The fourth-order valence-corrected chi connectivity index (χ4v) is 2.13. The molecular formula is C15H24N2OS. The van der Waals surface area contributed by atoms with Gasteiger partial charge in [0.25, 0.3) is 0 Å². The van der Waals surface area contributed by atoms with Crippen molar-refractivity contribution in [3.05, 3.63) is 29.8 Å². The average molecular weight is 280 g/mol. The van der Waals surface area contributed by atoms with Gasteiger partial charge in [0.05, 0.1) is 7.11 Å². The Kier molecular flexibility index (Phi) is 7.45. The van der Waals surface area contributed by atoms with Gasteiger partial charge in [-0.15, -0.1) is 0 Å². The summed E-state index contributed by atoms with van der Waals surface area (Å²) in [6.45, 7) is 8.64. The topological polar surface area (TPSA) is 24.5 Å². The van der Waals surface area contributed by atoms with Crippen molar-refractivity contribution in [1.29, 1.82) is 0 Å². The zero-order valence-electron chi connectivity index (χ0n) is 12.1. The lowest BCUT2D eigenvalue weighted by atomic mass is 10.2. The Morgan fingerprint density at radius 3 is 2.37 bits per heavy atom. The van der Waals surface area contributed by atoms with Crippen molar-refractivity contribution in [3.63, 3.8) is 0 Å². The Hall–Kier alpha value is -1.13. The molecule has 0 heterocycles. The first-order chi connectivity index (χ1) is 9.21. The second kappa shape index (κ2) is 8.88. The third-order valence-corrected chi connectivity index (χ3v) is 3.56. The van der Waals surface area contributed by atoms with Crippen LogP contribution in [0.25, 0.3) is 0 Å². The van der Waals surface area contributed by atoms with Crippen LogP contribution >= 0.6 is 12.2 Å². The maximum atomic E-state index is 5.37. The Morgan fingerprint density at radius 1 is 1.21 bits per heavy atom. The van der Waals surface area contributed by atoms with Crippen LogP contribution in [-0.2, 0) is 0 Å². The molecule has 1 rings (SSSR count). The van der Waals surface area contributed by atoms with Gasteiger partial charge in [-0.25, -0.2) is 0 Å². The van der Waals surface area contributed by atoms with Crippen molar-refractivity contribution >= 4 is 17.2 Å². The van der Waals surface area contributed by atoms with Crippen LogP contribution in [0.15, 0.2) is 24.3 Å². The Bertz CT molecular complexity index is 374. The van der Waals surface area contributed by atoms with Crippen LogP contribution in [0.4, 0.5) is 0 Å². The number of ether oxygens (including phenoxy) is 1. The molecule has 4 heteroatoms. The second-order valence-corrected chi connectivity index (χ2v) is 4.77. The fraction of sp³-hybridized carbons (Fsp3) is 0.533. The molecule has 0 bridgehead atoms. The molecule has 3 nitrogen and oxygen atoms in total. The number of thiocarbonyl (C=S) groups is 1. The molecule has 0 atom stereocenters. The molecule has 0 saturated carbocycles. The average Bonchev–Trinajstić information content (AvgIpc) is 2.47. The van der Waals surface area contributed by atoms with Gasteiger partial charge >= 0.3 is 0 Å². The lowest BCUT2D eigenvalue weighted by Gasteiger charge is -2.18. The summed E-state index contributed by atoms with van der Waals surface area (Å²) in [4.78, 5) is 3.22. The molecule has 0 aromatic heterocycles. The van der Waals surface area contributed by atoms with Gasteiger partial charge in [-0.1, -0.05) is 26.1 Å². The van der Waals surface area contributed by atoms with Crippen molar-refractivity contribution in [3.8, 4) is 5.75 Å². The number of hydrogen-bond donors (Lipinski definition) is 1. The largest absolute Gasteiger partial charge is 0.497 e. The highest BCUT2D eigenvalue weighted by Crippen LogP contribution is 2.11. The van der Waals surface area contributed by atoms with E-state index in [-0.39, 0.29) is 0 Å². The highest BCUT2D eigenvalue weighted by molar-refractivity contribution is 7.80. The van der Waals surface area contributed by atoms with E-state index in [4.69, 9.17) is 17.0 Å². The highest BCUT2D eigenvalue weighted by atomic mass is 32.1. The number of nitrogens with one attached hydrogen (secondary N) is 1. The number of benzene rings is 1. The number of rotatable bonds is 8. The molecule has 0 unspecified atom stereocenters. The fourth-order valence-electron chi connectivity index (χ4n) is 1.89. The highest BCUT2D eigenvalue weighted by Gasteiger charge is 2.02. The smallest absolute Gasteiger partial charge is 0.118 e. The lowest BCUT2D eigenvalue weighted by molar-refractivity contribution is 0.300. The minimum atomic E-state index is 0.808. The van der Waals surface area contributed by atoms with E-state index in [1.165, 1.54) is 0 Å². The third kappa shape index (κ3) is 5.57. The predicted octanol–water partition coefficient (Wildman–Crippen LogP) is 2.69. The quantitative estimate of drug-likeness (QED) is 0.584. The summed E-state index contributed by atoms with van der Waals surface area (Å²) in [6.07, 6.45) is 1.11. The Balaban J connectivity index is 2.30. The standard InChI is InChI=1S/C15H24N2OS/c1-4-17(5-2)12-6-11-16-15(19)13-7-9-14(18-3)10-8-13/h7-10H,4-6,11-12H2,1-3H3,(H,16,19). The van der Waals surface area contributed by atoms with Gasteiger partial charge in [-0.3, -0.25) is 0 Å². The SMILES string of the molecule is CCN(CC)CCCNC(=S)c1ccc(OC)cc1. The van der Waals surface area contributed by atoms with Gasteiger partial charge in [0.2, 0.25) is 0 Å². The van der Waals surface area contributed by atoms with Gasteiger partial charge in [0.15, 0.2) is 0 Å². The van der Waals surface area contributed by atoms with Gasteiger partial charge in [0, 0.05) is 12.1 Å². The summed E-state index contributed by atoms with van der Waals surface area (Å²) in [7, 11) is 1.67. The number of hydrogen-bond acceptors (Lipinski definition) is 3. The summed E-state index contributed by atoms with van der Waals surface area (Å²) in [6, 6.07) is 7.83. The first-order valence-corrected chi connectivity index (χ1v) is 7.26. The van der Waals surface area contributed by atoms with E-state index in [1.807, 2.05) is 24.3 Å². The molecule has 19 heavy (non-hydrogen) atoms. The number of methoxy groups -OCH3 is 1. The molecule has 1 aromatic rings. The number of nitrogens with zero attached hydrogens (tertiary/aromatic N) is 1. The maximum absolute atomic E-state index is 5.37. The van der Waals surface area contributed by atoms with E-state index < -0.39 is 0 Å². The monoisotopic (exact) mass is 280 g/mol. The summed E-state index contributed by atoms with van der Waals surface area (Å²) in [5.74, 6) is 0.855. The van der Waals surface area contributed by atoms with Gasteiger partial charge in [-0.2, -0.15) is 0 Å². The van der Waals surface area contributed by atoms with Crippen molar-refractivity contribution in [2.24, 2.45) is 0 Å². The Labute approximate surface area is 121 Å². The molecule has 106 valence electrons. The molecule has 1 N–H and O–H groups in total. The van der Waals surface area contributed by atoms with E-state index >= 15 is 0 Å². The van der Waals surface area contributed by atoms with E-state index in [9.17, 15) is 0 Å². The maximum Gasteiger partial charge on any atom is 0.118 e. The van der Waals surface area contributed by atoms with Crippen LogP contribution in [0, 0.1) is 0 Å². The summed E-state index contributed by atoms with van der Waals surface area (Å²) in [5.41, 5.74) is 1.04. The molecular weight excluding hydrogens is 256 g/mol. The Morgan fingerprint density at radius 2 is 1.84 bits per heavy atom. The molecule has 0 spiro atoms. The zero-order chi connectivity index (χ0) is 14.1. The first kappa shape index (κ1) is 15.9. The minimum absolute atomic E-state index is 0.808. The van der Waals surface area contributed by atoms with Gasteiger partial charge < -0.3 is 15.0 Å². The van der Waals surface area contributed by atoms with Crippen LogP contribution in [-0.4, -0.2) is 43.2 Å². The van der Waals surface area contributed by atoms with Crippen molar-refractivity contribution in [2.45, 2.75) is 20.3 Å². The normalized spacial score (nSPS) is 10.5. The van der Waals surface area contributed by atoms with Crippen LogP contribution in [0.2, 0.25) is 0 Å². The molecule has 1 aromatic carbocycles. The predicted molar refractivity (Wildman–Crippen MR) is 85.1 cm³/mol. The van der Waals surface area contributed by atoms with Crippen LogP contribution in [0.1, 0.15) is 25.8 Å². The molecule has 0 aliphatic rings.